The molecule has 0 radical (unpaired) electrons. The van der Waals surface area contributed by atoms with E-state index in [2.05, 4.69) is 0 Å². The Hall–Kier alpha value is -1.39. The molecule has 0 aliphatic heterocycles. The summed E-state index contributed by atoms with van der Waals surface area (Å²) in [5.74, 6) is 0.680. The number of ketones is 1. The fourth-order valence-electron chi connectivity index (χ4n) is 1.18. The molecule has 0 aliphatic rings. The first-order valence-electron chi connectivity index (χ1n) is 4.85. The molecule has 82 valence electrons. The summed E-state index contributed by atoms with van der Waals surface area (Å²) >= 11 is 0. The van der Waals surface area contributed by atoms with Crippen LogP contribution in [0.5, 0.6) is 5.75 Å². The van der Waals surface area contributed by atoms with Crippen LogP contribution in [0.3, 0.4) is 0 Å². The molecule has 3 N–H and O–H groups in total. The molecule has 0 atom stereocenters. The summed E-state index contributed by atoms with van der Waals surface area (Å²) in [6.45, 7) is 0.603. The summed E-state index contributed by atoms with van der Waals surface area (Å²) in [6.07, 6.45) is 0.358. The van der Waals surface area contributed by atoms with Crippen molar-refractivity contribution in [3.05, 3.63) is 29.8 Å². The maximum Gasteiger partial charge on any atom is 0.164 e. The van der Waals surface area contributed by atoms with Gasteiger partial charge < -0.3 is 15.6 Å². The van der Waals surface area contributed by atoms with Gasteiger partial charge in [-0.3, -0.25) is 4.79 Å². The zero-order chi connectivity index (χ0) is 11.1. The van der Waals surface area contributed by atoms with E-state index in [4.69, 9.17) is 15.6 Å². The van der Waals surface area contributed by atoms with Crippen molar-refractivity contribution < 1.29 is 14.6 Å². The van der Waals surface area contributed by atoms with Gasteiger partial charge in [0.1, 0.15) is 12.4 Å². The molecule has 0 saturated heterocycles. The molecule has 15 heavy (non-hydrogen) atoms. The van der Waals surface area contributed by atoms with Crippen LogP contribution >= 0.6 is 0 Å². The van der Waals surface area contributed by atoms with E-state index < -0.39 is 0 Å². The number of carbonyl (C=O) groups excluding carboxylic acids is 1. The summed E-state index contributed by atoms with van der Waals surface area (Å²) in [5.41, 5.74) is 5.93. The van der Waals surface area contributed by atoms with Gasteiger partial charge in [0.2, 0.25) is 0 Å². The molecule has 1 aromatic rings. The first kappa shape index (κ1) is 11.7. The second-order valence-electron chi connectivity index (χ2n) is 3.06. The zero-order valence-electron chi connectivity index (χ0n) is 8.48. The molecule has 0 saturated carbocycles. The van der Waals surface area contributed by atoms with Gasteiger partial charge in [-0.25, -0.2) is 0 Å². The summed E-state index contributed by atoms with van der Waals surface area (Å²) < 4.78 is 5.16. The highest BCUT2D eigenvalue weighted by Crippen LogP contribution is 2.13. The van der Waals surface area contributed by atoms with Crippen LogP contribution in [0.4, 0.5) is 0 Å². The third kappa shape index (κ3) is 3.69. The van der Waals surface area contributed by atoms with E-state index in [1.54, 1.807) is 24.3 Å². The highest BCUT2D eigenvalue weighted by molar-refractivity contribution is 5.96. The van der Waals surface area contributed by atoms with Crippen LogP contribution < -0.4 is 10.5 Å². The van der Waals surface area contributed by atoms with Gasteiger partial charge in [0, 0.05) is 12.0 Å². The highest BCUT2D eigenvalue weighted by Gasteiger charge is 2.04. The van der Waals surface area contributed by atoms with Crippen molar-refractivity contribution in [2.45, 2.75) is 6.42 Å². The molecule has 0 bridgehead atoms. The third-order valence-corrected chi connectivity index (χ3v) is 1.91. The van der Waals surface area contributed by atoms with Crippen molar-refractivity contribution in [2.24, 2.45) is 5.73 Å². The van der Waals surface area contributed by atoms with Gasteiger partial charge in [0.05, 0.1) is 6.61 Å². The number of aliphatic hydroxyl groups excluding tert-OH is 1. The van der Waals surface area contributed by atoms with Crippen LogP contribution in [-0.4, -0.2) is 30.6 Å². The molecule has 0 amide bonds. The number of hydrogen-bond donors (Lipinski definition) is 2. The maximum absolute atomic E-state index is 11.4. The van der Waals surface area contributed by atoms with E-state index in [-0.39, 0.29) is 19.0 Å². The number of ether oxygens (including phenoxy) is 1. The lowest BCUT2D eigenvalue weighted by molar-refractivity contribution is 0.0985. The second kappa shape index (κ2) is 6.16. The minimum absolute atomic E-state index is 0.0200. The van der Waals surface area contributed by atoms with Crippen LogP contribution in [0.1, 0.15) is 16.8 Å². The van der Waals surface area contributed by atoms with E-state index in [1.807, 2.05) is 0 Å². The third-order valence-electron chi connectivity index (χ3n) is 1.91. The Morgan fingerprint density at radius 1 is 1.33 bits per heavy atom. The Morgan fingerprint density at radius 2 is 2.00 bits per heavy atom. The summed E-state index contributed by atoms with van der Waals surface area (Å²) in [6, 6.07) is 6.81. The van der Waals surface area contributed by atoms with E-state index >= 15 is 0 Å². The molecule has 0 heterocycles. The van der Waals surface area contributed by atoms with Crippen molar-refractivity contribution in [3.63, 3.8) is 0 Å². The number of Topliss-reactive ketones (excluding diaryl/α,β-unsaturated/α-hetero) is 1. The Bertz CT molecular complexity index is 308. The number of nitrogens with two attached hydrogens (primary N) is 1. The summed E-state index contributed by atoms with van der Waals surface area (Å²) in [5, 5.41) is 8.55. The lowest BCUT2D eigenvalue weighted by atomic mass is 10.1. The van der Waals surface area contributed by atoms with E-state index in [0.717, 1.165) is 0 Å². The summed E-state index contributed by atoms with van der Waals surface area (Å²) in [7, 11) is 0. The molecule has 0 aliphatic carbocycles. The molecule has 1 rings (SSSR count). The topological polar surface area (TPSA) is 72.6 Å². The van der Waals surface area contributed by atoms with Gasteiger partial charge >= 0.3 is 0 Å². The number of rotatable bonds is 6. The normalized spacial score (nSPS) is 10.0. The Kier molecular flexibility index (Phi) is 4.80. The molecule has 4 heteroatoms. The van der Waals surface area contributed by atoms with Crippen molar-refractivity contribution in [3.8, 4) is 5.75 Å². The minimum atomic E-state index is -0.0200. The largest absolute Gasteiger partial charge is 0.491 e. The SMILES string of the molecule is NCCC(=O)c1ccc(OCCO)cc1. The van der Waals surface area contributed by atoms with Gasteiger partial charge in [-0.1, -0.05) is 0 Å². The van der Waals surface area contributed by atoms with Crippen molar-refractivity contribution in [1.29, 1.82) is 0 Å². The van der Waals surface area contributed by atoms with Crippen LogP contribution in [0.15, 0.2) is 24.3 Å². The van der Waals surface area contributed by atoms with Crippen molar-refractivity contribution >= 4 is 5.78 Å². The van der Waals surface area contributed by atoms with Crippen LogP contribution in [0.2, 0.25) is 0 Å². The standard InChI is InChI=1S/C11H15NO3/c12-6-5-11(14)9-1-3-10(4-2-9)15-8-7-13/h1-4,13H,5-8,12H2. The smallest absolute Gasteiger partial charge is 0.164 e. The lowest BCUT2D eigenvalue weighted by Crippen LogP contribution is -2.08. The molecule has 1 aromatic carbocycles. The molecule has 0 fully saturated rings. The van der Waals surface area contributed by atoms with Gasteiger partial charge in [0.25, 0.3) is 0 Å². The average Bonchev–Trinajstić information content (AvgIpc) is 2.27. The molecule has 0 aromatic heterocycles. The fourth-order valence-corrected chi connectivity index (χ4v) is 1.18. The van der Waals surface area contributed by atoms with E-state index in [9.17, 15) is 4.79 Å². The first-order valence-corrected chi connectivity index (χ1v) is 4.85. The monoisotopic (exact) mass is 209 g/mol. The van der Waals surface area contributed by atoms with Crippen LogP contribution in [-0.2, 0) is 0 Å². The number of hydrogen-bond acceptors (Lipinski definition) is 4. The van der Waals surface area contributed by atoms with E-state index in [1.165, 1.54) is 0 Å². The molecule has 4 nitrogen and oxygen atoms in total. The minimum Gasteiger partial charge on any atom is -0.491 e. The van der Waals surface area contributed by atoms with Crippen molar-refractivity contribution in [2.75, 3.05) is 19.8 Å². The first-order chi connectivity index (χ1) is 7.27. The lowest BCUT2D eigenvalue weighted by Gasteiger charge is -2.04. The maximum atomic E-state index is 11.4. The molecular formula is C11H15NO3. The molecular weight excluding hydrogens is 194 g/mol. The predicted molar refractivity (Wildman–Crippen MR) is 57.0 cm³/mol. The zero-order valence-corrected chi connectivity index (χ0v) is 8.48. The molecule has 0 spiro atoms. The molecule has 0 unspecified atom stereocenters. The van der Waals surface area contributed by atoms with Crippen molar-refractivity contribution in [1.82, 2.24) is 0 Å². The second-order valence-corrected chi connectivity index (χ2v) is 3.06. The Morgan fingerprint density at radius 3 is 2.53 bits per heavy atom. The van der Waals surface area contributed by atoms with Gasteiger partial charge in [-0.15, -0.1) is 0 Å². The van der Waals surface area contributed by atoms with Gasteiger partial charge in [-0.05, 0) is 30.8 Å². The number of carbonyl (C=O) groups is 1. The van der Waals surface area contributed by atoms with E-state index in [0.29, 0.717) is 24.3 Å². The van der Waals surface area contributed by atoms with Crippen LogP contribution in [0.25, 0.3) is 0 Å². The number of aliphatic hydroxyl groups is 1. The fraction of sp³-hybridized carbons (Fsp3) is 0.364. The van der Waals surface area contributed by atoms with Gasteiger partial charge in [0.15, 0.2) is 5.78 Å². The van der Waals surface area contributed by atoms with Crippen LogP contribution in [0, 0.1) is 0 Å². The highest BCUT2D eigenvalue weighted by atomic mass is 16.5. The number of benzene rings is 1. The van der Waals surface area contributed by atoms with Gasteiger partial charge in [-0.2, -0.15) is 0 Å². The predicted octanol–water partition coefficient (Wildman–Crippen LogP) is 0.589. The Labute approximate surface area is 88.7 Å². The Balaban J connectivity index is 2.59. The quantitative estimate of drug-likeness (QED) is 0.672. The average molecular weight is 209 g/mol. The summed E-state index contributed by atoms with van der Waals surface area (Å²) in [4.78, 5) is 11.4.